The number of aryl methyl sites for hydroxylation is 2. The van der Waals surface area contributed by atoms with Gasteiger partial charge in [-0.15, -0.1) is 0 Å². The number of ether oxygens (including phenoxy) is 2. The minimum Gasteiger partial charge on any atom is -0.494 e. The molecule has 0 spiro atoms. The maximum absolute atomic E-state index is 12.1. The molecular formula is C21H26ClNO3. The van der Waals surface area contributed by atoms with Crippen LogP contribution in [0.15, 0.2) is 36.4 Å². The minimum atomic E-state index is -0.227. The van der Waals surface area contributed by atoms with Crippen molar-refractivity contribution in [3.8, 4) is 11.5 Å². The molecule has 2 aromatic rings. The third-order valence-corrected chi connectivity index (χ3v) is 4.46. The molecule has 0 aliphatic rings. The summed E-state index contributed by atoms with van der Waals surface area (Å²) in [5.74, 6) is 1.74. The van der Waals surface area contributed by atoms with Crippen molar-refractivity contribution in [2.45, 2.75) is 34.1 Å². The van der Waals surface area contributed by atoms with Crippen molar-refractivity contribution in [3.05, 3.63) is 52.5 Å². The van der Waals surface area contributed by atoms with Crippen LogP contribution in [0.3, 0.4) is 0 Å². The monoisotopic (exact) mass is 375 g/mol. The molecule has 0 saturated heterocycles. The van der Waals surface area contributed by atoms with E-state index >= 15 is 0 Å². The third-order valence-electron chi connectivity index (χ3n) is 3.86. The van der Waals surface area contributed by atoms with E-state index in [-0.39, 0.29) is 12.5 Å². The molecule has 5 heteroatoms. The molecule has 0 heterocycles. The summed E-state index contributed by atoms with van der Waals surface area (Å²) in [5.41, 5.74) is 2.53. The molecule has 0 atom stereocenters. The Kier molecular flexibility index (Phi) is 7.34. The second-order valence-corrected chi connectivity index (χ2v) is 7.14. The quantitative estimate of drug-likeness (QED) is 0.672. The highest BCUT2D eigenvalue weighted by Gasteiger charge is 2.08. The van der Waals surface area contributed by atoms with E-state index in [1.165, 1.54) is 0 Å². The van der Waals surface area contributed by atoms with Crippen molar-refractivity contribution in [3.63, 3.8) is 0 Å². The standard InChI is InChI=1S/C21H26ClNO3/c1-14(2)8-9-25-18-7-5-6-17(12-18)23-20(24)13-26-19-10-15(3)21(22)16(4)11-19/h5-7,10-12,14H,8-9,13H2,1-4H3,(H,23,24). The first-order chi connectivity index (χ1) is 12.3. The number of rotatable bonds is 8. The smallest absolute Gasteiger partial charge is 0.262 e. The van der Waals surface area contributed by atoms with Gasteiger partial charge in [-0.3, -0.25) is 4.79 Å². The highest BCUT2D eigenvalue weighted by Crippen LogP contribution is 2.26. The Hall–Kier alpha value is -2.20. The lowest BCUT2D eigenvalue weighted by molar-refractivity contribution is -0.118. The molecule has 4 nitrogen and oxygen atoms in total. The summed E-state index contributed by atoms with van der Waals surface area (Å²) >= 11 is 6.14. The molecular weight excluding hydrogens is 350 g/mol. The number of hydrogen-bond acceptors (Lipinski definition) is 3. The van der Waals surface area contributed by atoms with E-state index in [0.29, 0.717) is 24.0 Å². The van der Waals surface area contributed by atoms with Gasteiger partial charge in [-0.05, 0) is 61.6 Å². The number of benzene rings is 2. The van der Waals surface area contributed by atoms with Crippen LogP contribution in [0.5, 0.6) is 11.5 Å². The Morgan fingerprint density at radius 1 is 1.08 bits per heavy atom. The lowest BCUT2D eigenvalue weighted by Crippen LogP contribution is -2.20. The van der Waals surface area contributed by atoms with Crippen molar-refractivity contribution in [1.82, 2.24) is 0 Å². The first-order valence-electron chi connectivity index (χ1n) is 8.77. The molecule has 0 radical (unpaired) electrons. The van der Waals surface area contributed by atoms with Crippen LogP contribution < -0.4 is 14.8 Å². The van der Waals surface area contributed by atoms with Crippen LogP contribution in [0.4, 0.5) is 5.69 Å². The molecule has 0 saturated carbocycles. The number of carbonyl (C=O) groups is 1. The van der Waals surface area contributed by atoms with Gasteiger partial charge < -0.3 is 14.8 Å². The Labute approximate surface area is 160 Å². The van der Waals surface area contributed by atoms with Crippen molar-refractivity contribution < 1.29 is 14.3 Å². The van der Waals surface area contributed by atoms with Gasteiger partial charge in [-0.25, -0.2) is 0 Å². The Morgan fingerprint density at radius 2 is 1.77 bits per heavy atom. The highest BCUT2D eigenvalue weighted by atomic mass is 35.5. The van der Waals surface area contributed by atoms with Gasteiger partial charge in [0.2, 0.25) is 0 Å². The second-order valence-electron chi connectivity index (χ2n) is 6.77. The lowest BCUT2D eigenvalue weighted by atomic mass is 10.1. The fraction of sp³-hybridized carbons (Fsp3) is 0.381. The molecule has 0 aromatic heterocycles. The summed E-state index contributed by atoms with van der Waals surface area (Å²) in [6.07, 6.45) is 0.990. The zero-order chi connectivity index (χ0) is 19.1. The van der Waals surface area contributed by atoms with Crippen LogP contribution in [0.25, 0.3) is 0 Å². The van der Waals surface area contributed by atoms with Crippen molar-refractivity contribution >= 4 is 23.2 Å². The second kappa shape index (κ2) is 9.48. The van der Waals surface area contributed by atoms with Crippen LogP contribution in [0.1, 0.15) is 31.4 Å². The van der Waals surface area contributed by atoms with Gasteiger partial charge in [0.15, 0.2) is 6.61 Å². The van der Waals surface area contributed by atoms with E-state index in [1.807, 2.05) is 50.2 Å². The van der Waals surface area contributed by atoms with Crippen molar-refractivity contribution in [2.75, 3.05) is 18.5 Å². The molecule has 0 fully saturated rings. The Morgan fingerprint density at radius 3 is 2.42 bits per heavy atom. The first-order valence-corrected chi connectivity index (χ1v) is 9.15. The summed E-state index contributed by atoms with van der Waals surface area (Å²) in [4.78, 5) is 12.1. The largest absolute Gasteiger partial charge is 0.494 e. The van der Waals surface area contributed by atoms with Crippen LogP contribution in [0.2, 0.25) is 5.02 Å². The molecule has 1 N–H and O–H groups in total. The van der Waals surface area contributed by atoms with E-state index < -0.39 is 0 Å². The molecule has 0 unspecified atom stereocenters. The number of nitrogens with one attached hydrogen (secondary N) is 1. The summed E-state index contributed by atoms with van der Waals surface area (Å²) in [7, 11) is 0. The Balaban J connectivity index is 1.87. The normalized spacial score (nSPS) is 10.7. The fourth-order valence-corrected chi connectivity index (χ4v) is 2.52. The number of halogens is 1. The lowest BCUT2D eigenvalue weighted by Gasteiger charge is -2.12. The predicted octanol–water partition coefficient (Wildman–Crippen LogP) is 5.40. The van der Waals surface area contributed by atoms with Gasteiger partial charge in [0.25, 0.3) is 5.91 Å². The minimum absolute atomic E-state index is 0.0705. The first kappa shape index (κ1) is 20.1. The zero-order valence-corrected chi connectivity index (χ0v) is 16.5. The SMILES string of the molecule is Cc1cc(OCC(=O)Nc2cccc(OCCC(C)C)c2)cc(C)c1Cl. The van der Waals surface area contributed by atoms with Crippen LogP contribution in [-0.4, -0.2) is 19.1 Å². The summed E-state index contributed by atoms with van der Waals surface area (Å²) in [5, 5.41) is 3.54. The van der Waals surface area contributed by atoms with E-state index in [2.05, 4.69) is 19.2 Å². The predicted molar refractivity (Wildman–Crippen MR) is 106 cm³/mol. The van der Waals surface area contributed by atoms with Gasteiger partial charge >= 0.3 is 0 Å². The number of anilines is 1. The summed E-state index contributed by atoms with van der Waals surface area (Å²) in [6.45, 7) is 8.72. The van der Waals surface area contributed by atoms with Crippen LogP contribution in [-0.2, 0) is 4.79 Å². The van der Waals surface area contributed by atoms with Gasteiger partial charge in [-0.2, -0.15) is 0 Å². The van der Waals surface area contributed by atoms with Gasteiger partial charge in [-0.1, -0.05) is 31.5 Å². The summed E-state index contributed by atoms with van der Waals surface area (Å²) in [6, 6.07) is 11.0. The van der Waals surface area contributed by atoms with E-state index in [1.54, 1.807) is 0 Å². The third kappa shape index (κ3) is 6.26. The topological polar surface area (TPSA) is 47.6 Å². The van der Waals surface area contributed by atoms with Gasteiger partial charge in [0.05, 0.1) is 6.61 Å². The molecule has 0 aliphatic carbocycles. The molecule has 26 heavy (non-hydrogen) atoms. The maximum Gasteiger partial charge on any atom is 0.262 e. The summed E-state index contributed by atoms with van der Waals surface area (Å²) < 4.78 is 11.3. The van der Waals surface area contributed by atoms with Crippen LogP contribution in [0, 0.1) is 19.8 Å². The van der Waals surface area contributed by atoms with Gasteiger partial charge in [0.1, 0.15) is 11.5 Å². The van der Waals surface area contributed by atoms with Crippen molar-refractivity contribution in [1.29, 1.82) is 0 Å². The fourth-order valence-electron chi connectivity index (χ4n) is 2.41. The highest BCUT2D eigenvalue weighted by molar-refractivity contribution is 6.32. The van der Waals surface area contributed by atoms with E-state index in [4.69, 9.17) is 21.1 Å². The zero-order valence-electron chi connectivity index (χ0n) is 15.8. The number of carbonyl (C=O) groups excluding carboxylic acids is 1. The number of amides is 1. The number of hydrogen-bond donors (Lipinski definition) is 1. The van der Waals surface area contributed by atoms with Crippen molar-refractivity contribution in [2.24, 2.45) is 5.92 Å². The maximum atomic E-state index is 12.1. The van der Waals surface area contributed by atoms with Crippen LogP contribution >= 0.6 is 11.6 Å². The molecule has 140 valence electrons. The van der Waals surface area contributed by atoms with E-state index in [9.17, 15) is 4.79 Å². The van der Waals surface area contributed by atoms with Gasteiger partial charge in [0, 0.05) is 16.8 Å². The molecule has 0 bridgehead atoms. The molecule has 2 aromatic carbocycles. The molecule has 0 aliphatic heterocycles. The molecule has 1 amide bonds. The average molecular weight is 376 g/mol. The Bertz CT molecular complexity index is 736. The molecule has 2 rings (SSSR count). The average Bonchev–Trinajstić information content (AvgIpc) is 2.58. The van der Waals surface area contributed by atoms with E-state index in [0.717, 1.165) is 28.3 Å².